The Labute approximate surface area is 463 Å². The van der Waals surface area contributed by atoms with Gasteiger partial charge in [-0.1, -0.05) is 258 Å². The molecular formula is C64H124N2O9. The Morgan fingerprint density at radius 2 is 0.747 bits per heavy atom. The lowest BCUT2D eigenvalue weighted by Gasteiger charge is -2.29. The van der Waals surface area contributed by atoms with Gasteiger partial charge in [0, 0.05) is 32.4 Å². The molecule has 0 aromatic heterocycles. The molecule has 0 aliphatic heterocycles. The first kappa shape index (κ1) is 72.8. The molecule has 0 saturated carbocycles. The number of nitrogens with two attached hydrogens (primary N) is 1. The van der Waals surface area contributed by atoms with Gasteiger partial charge in [0.1, 0.15) is 37.1 Å². The van der Waals surface area contributed by atoms with E-state index in [9.17, 15) is 24.3 Å². The first-order valence-corrected chi connectivity index (χ1v) is 32.2. The van der Waals surface area contributed by atoms with Crippen LogP contribution in [0.5, 0.6) is 0 Å². The molecule has 11 nitrogen and oxygen atoms in total. The molecule has 0 saturated heterocycles. The van der Waals surface area contributed by atoms with E-state index in [2.05, 4.69) is 20.8 Å². The van der Waals surface area contributed by atoms with Crippen molar-refractivity contribution in [1.29, 1.82) is 0 Å². The Balaban J connectivity index is 5.36. The van der Waals surface area contributed by atoms with Crippen molar-refractivity contribution in [3.8, 4) is 0 Å². The van der Waals surface area contributed by atoms with Crippen LogP contribution >= 0.6 is 0 Å². The molecule has 75 heavy (non-hydrogen) atoms. The molecule has 3 N–H and O–H groups in total. The third kappa shape index (κ3) is 53.5. The lowest BCUT2D eigenvalue weighted by molar-refractivity contribution is -0.160. The van der Waals surface area contributed by atoms with Crippen molar-refractivity contribution < 1.29 is 43.2 Å². The number of aliphatic hydroxyl groups excluding tert-OH is 1. The van der Waals surface area contributed by atoms with E-state index >= 15 is 0 Å². The lowest BCUT2D eigenvalue weighted by atomic mass is 10.0. The largest absolute Gasteiger partial charge is 0.463 e. The van der Waals surface area contributed by atoms with Crippen LogP contribution in [0, 0.1) is 0 Å². The van der Waals surface area contributed by atoms with E-state index in [0.29, 0.717) is 45.1 Å². The van der Waals surface area contributed by atoms with Gasteiger partial charge in [0.2, 0.25) is 0 Å². The SMILES string of the molecule is CCCCCCCCCCCCCCCC(=O)OCC(O)CN(CCCCC(N)C(=O)OC(C)(C)C)CC(COC(=O)CCCCCCCCCCCCCCC)OC(=O)CCCCCCCCCCCCCCC. The number of hydrogen-bond acceptors (Lipinski definition) is 11. The van der Waals surface area contributed by atoms with Gasteiger partial charge in [-0.3, -0.25) is 24.1 Å². The predicted molar refractivity (Wildman–Crippen MR) is 313 cm³/mol. The van der Waals surface area contributed by atoms with Crippen LogP contribution in [-0.2, 0) is 38.1 Å². The molecule has 0 fully saturated rings. The van der Waals surface area contributed by atoms with E-state index in [-0.39, 0.29) is 44.2 Å². The van der Waals surface area contributed by atoms with Gasteiger partial charge in [-0.15, -0.1) is 0 Å². The standard InChI is InChI=1S/C64H124N2O9/c1-7-10-13-16-19-22-25-28-31-34-37-40-43-49-60(68)72-55-57(67)53-66(52-47-46-48-59(65)63(71)75-64(4,5)6)54-58(74-62(70)51-45-42-39-36-33-30-27-24-21-18-15-12-9-3)56-73-61(69)50-44-41-38-35-32-29-26-23-20-17-14-11-8-2/h57-59,67H,7-56,65H2,1-6H3. The number of nitrogens with zero attached hydrogens (tertiary/aromatic N) is 1. The Kier molecular flexibility index (Phi) is 52.1. The Morgan fingerprint density at radius 1 is 0.427 bits per heavy atom. The second-order valence-electron chi connectivity index (χ2n) is 23.5. The highest BCUT2D eigenvalue weighted by atomic mass is 16.6. The highest BCUT2D eigenvalue weighted by Crippen LogP contribution is 2.18. The summed E-state index contributed by atoms with van der Waals surface area (Å²) in [5.41, 5.74) is 5.58. The molecule has 444 valence electrons. The molecule has 11 heteroatoms. The van der Waals surface area contributed by atoms with Gasteiger partial charge in [-0.05, 0) is 59.4 Å². The van der Waals surface area contributed by atoms with Crippen molar-refractivity contribution >= 4 is 23.9 Å². The van der Waals surface area contributed by atoms with Gasteiger partial charge in [0.25, 0.3) is 0 Å². The number of unbranched alkanes of at least 4 members (excludes halogenated alkanes) is 37. The fourth-order valence-electron chi connectivity index (χ4n) is 9.84. The van der Waals surface area contributed by atoms with Crippen LogP contribution in [-0.4, -0.2) is 90.6 Å². The first-order chi connectivity index (χ1) is 36.3. The lowest BCUT2D eigenvalue weighted by Crippen LogP contribution is -2.43. The summed E-state index contributed by atoms with van der Waals surface area (Å²) >= 11 is 0. The van der Waals surface area contributed by atoms with Crippen molar-refractivity contribution in [1.82, 2.24) is 4.90 Å². The summed E-state index contributed by atoms with van der Waals surface area (Å²) in [5, 5.41) is 11.2. The highest BCUT2D eigenvalue weighted by molar-refractivity contribution is 5.75. The van der Waals surface area contributed by atoms with E-state index < -0.39 is 29.8 Å². The molecular weight excluding hydrogens is 941 g/mol. The van der Waals surface area contributed by atoms with E-state index in [1.165, 1.54) is 193 Å². The van der Waals surface area contributed by atoms with Gasteiger partial charge in [0.15, 0.2) is 0 Å². The maximum Gasteiger partial charge on any atom is 0.323 e. The van der Waals surface area contributed by atoms with Crippen LogP contribution in [0.4, 0.5) is 0 Å². The van der Waals surface area contributed by atoms with Crippen molar-refractivity contribution in [3.05, 3.63) is 0 Å². The van der Waals surface area contributed by atoms with Crippen LogP contribution < -0.4 is 5.73 Å². The molecule has 0 aliphatic rings. The predicted octanol–water partition coefficient (Wildman–Crippen LogP) is 16.9. The van der Waals surface area contributed by atoms with Gasteiger partial charge in [-0.2, -0.15) is 0 Å². The minimum absolute atomic E-state index is 0.0775. The summed E-state index contributed by atoms with van der Waals surface area (Å²) in [6, 6.07) is -0.759. The topological polar surface area (TPSA) is 155 Å². The Morgan fingerprint density at radius 3 is 1.09 bits per heavy atom. The zero-order valence-corrected chi connectivity index (χ0v) is 50.3. The van der Waals surface area contributed by atoms with E-state index in [4.69, 9.17) is 24.7 Å². The van der Waals surface area contributed by atoms with Gasteiger partial charge >= 0.3 is 23.9 Å². The van der Waals surface area contributed by atoms with Crippen LogP contribution in [0.15, 0.2) is 0 Å². The molecule has 0 aromatic carbocycles. The van der Waals surface area contributed by atoms with E-state index in [0.717, 1.165) is 57.8 Å². The molecule has 3 atom stereocenters. The third-order valence-electron chi connectivity index (χ3n) is 14.5. The summed E-state index contributed by atoms with van der Waals surface area (Å²) in [6.07, 6.45) is 48.7. The fourth-order valence-corrected chi connectivity index (χ4v) is 9.84. The molecule has 0 aliphatic carbocycles. The zero-order chi connectivity index (χ0) is 55.3. The number of aliphatic hydroxyl groups is 1. The van der Waals surface area contributed by atoms with Gasteiger partial charge in [0.05, 0.1) is 0 Å². The number of carbonyl (C=O) groups is 4. The minimum Gasteiger partial charge on any atom is -0.463 e. The summed E-state index contributed by atoms with van der Waals surface area (Å²) in [7, 11) is 0. The van der Waals surface area contributed by atoms with Crippen LogP contribution in [0.25, 0.3) is 0 Å². The average molecular weight is 1070 g/mol. The number of rotatable bonds is 57. The summed E-state index contributed by atoms with van der Waals surface area (Å²) in [6.45, 7) is 12.9. The number of ether oxygens (including phenoxy) is 4. The number of hydrogen-bond donors (Lipinski definition) is 2. The Hall–Kier alpha value is -2.24. The summed E-state index contributed by atoms with van der Waals surface area (Å²) < 4.78 is 22.9. The Bertz CT molecular complexity index is 1290. The van der Waals surface area contributed by atoms with Crippen molar-refractivity contribution in [2.75, 3.05) is 32.8 Å². The molecule has 3 unspecified atom stereocenters. The van der Waals surface area contributed by atoms with Gasteiger partial charge in [-0.25, -0.2) is 0 Å². The molecule has 0 amide bonds. The monoisotopic (exact) mass is 1060 g/mol. The minimum atomic E-state index is -0.982. The molecule has 0 bridgehead atoms. The average Bonchev–Trinajstić information content (AvgIpc) is 3.37. The smallest absolute Gasteiger partial charge is 0.323 e. The maximum absolute atomic E-state index is 13.4. The highest BCUT2D eigenvalue weighted by Gasteiger charge is 2.25. The van der Waals surface area contributed by atoms with Crippen molar-refractivity contribution in [3.63, 3.8) is 0 Å². The van der Waals surface area contributed by atoms with Crippen molar-refractivity contribution in [2.24, 2.45) is 5.73 Å². The second-order valence-corrected chi connectivity index (χ2v) is 23.5. The fraction of sp³-hybridized carbons (Fsp3) is 0.938. The molecule has 0 aromatic rings. The van der Waals surface area contributed by atoms with Crippen LogP contribution in [0.3, 0.4) is 0 Å². The molecule has 0 rings (SSSR count). The van der Waals surface area contributed by atoms with Crippen LogP contribution in [0.1, 0.15) is 330 Å². The molecule has 0 radical (unpaired) electrons. The summed E-state index contributed by atoms with van der Waals surface area (Å²) in [5.74, 6) is -1.36. The summed E-state index contributed by atoms with van der Waals surface area (Å²) in [4.78, 5) is 53.8. The number of esters is 4. The third-order valence-corrected chi connectivity index (χ3v) is 14.5. The van der Waals surface area contributed by atoms with Crippen LogP contribution in [0.2, 0.25) is 0 Å². The number of carbonyl (C=O) groups excluding carboxylic acids is 4. The normalized spacial score (nSPS) is 13.0. The van der Waals surface area contributed by atoms with Gasteiger partial charge < -0.3 is 29.8 Å². The zero-order valence-electron chi connectivity index (χ0n) is 50.3. The van der Waals surface area contributed by atoms with E-state index in [1.807, 2.05) is 25.7 Å². The first-order valence-electron chi connectivity index (χ1n) is 32.2. The quantitative estimate of drug-likeness (QED) is 0.0340. The second kappa shape index (κ2) is 53.7. The molecule has 0 spiro atoms. The van der Waals surface area contributed by atoms with Crippen molar-refractivity contribution in [2.45, 2.75) is 354 Å². The maximum atomic E-state index is 13.4. The molecule has 0 heterocycles. The van der Waals surface area contributed by atoms with E-state index in [1.54, 1.807) is 0 Å².